The maximum absolute atomic E-state index is 11.4. The number of hydrogen-bond acceptors (Lipinski definition) is 4. The molecule has 0 aliphatic heterocycles. The van der Waals surface area contributed by atoms with Crippen molar-refractivity contribution in [3.8, 4) is 0 Å². The predicted octanol–water partition coefficient (Wildman–Crippen LogP) is 1.33. The van der Waals surface area contributed by atoms with Crippen LogP contribution in [0.15, 0.2) is 0 Å². The van der Waals surface area contributed by atoms with Crippen molar-refractivity contribution in [2.45, 2.75) is 19.4 Å². The van der Waals surface area contributed by atoms with Gasteiger partial charge in [0, 0.05) is 6.04 Å². The van der Waals surface area contributed by atoms with Gasteiger partial charge < -0.3 is 5.32 Å². The molecule has 1 fully saturated rings. The minimum absolute atomic E-state index is 0.168. The SMILES string of the molecule is CC1CC1NC(=O)c1nnc(Cl)s1. The van der Waals surface area contributed by atoms with Gasteiger partial charge in [-0.05, 0) is 23.9 Å². The number of nitrogens with one attached hydrogen (secondary N) is 1. The average Bonchev–Trinajstić information content (AvgIpc) is 2.62. The Balaban J connectivity index is 1.97. The van der Waals surface area contributed by atoms with E-state index in [2.05, 4.69) is 22.4 Å². The van der Waals surface area contributed by atoms with Gasteiger partial charge in [0.15, 0.2) is 0 Å². The summed E-state index contributed by atoms with van der Waals surface area (Å²) in [5.41, 5.74) is 0. The highest BCUT2D eigenvalue weighted by atomic mass is 35.5. The molecule has 2 unspecified atom stereocenters. The molecule has 4 nitrogen and oxygen atoms in total. The Kier molecular flexibility index (Phi) is 2.21. The molecule has 1 N–H and O–H groups in total. The molecule has 6 heteroatoms. The monoisotopic (exact) mass is 217 g/mol. The fourth-order valence-corrected chi connectivity index (χ4v) is 1.78. The van der Waals surface area contributed by atoms with Crippen molar-refractivity contribution in [2.75, 3.05) is 0 Å². The molecule has 1 aromatic heterocycles. The van der Waals surface area contributed by atoms with E-state index in [0.717, 1.165) is 17.8 Å². The number of hydrogen-bond donors (Lipinski definition) is 1. The first-order chi connectivity index (χ1) is 6.16. The van der Waals surface area contributed by atoms with Gasteiger partial charge in [0.2, 0.25) is 9.47 Å². The second kappa shape index (κ2) is 3.23. The second-order valence-electron chi connectivity index (χ2n) is 3.15. The smallest absolute Gasteiger partial charge is 0.282 e. The molecular formula is C7H8ClN3OS. The number of aromatic nitrogens is 2. The van der Waals surface area contributed by atoms with E-state index in [4.69, 9.17) is 11.6 Å². The largest absolute Gasteiger partial charge is 0.347 e. The van der Waals surface area contributed by atoms with Crippen molar-refractivity contribution in [3.05, 3.63) is 9.47 Å². The van der Waals surface area contributed by atoms with Gasteiger partial charge in [-0.15, -0.1) is 10.2 Å². The number of amides is 1. The van der Waals surface area contributed by atoms with Crippen LogP contribution in [0.2, 0.25) is 4.47 Å². The Morgan fingerprint density at radius 2 is 2.38 bits per heavy atom. The highest BCUT2D eigenvalue weighted by Gasteiger charge is 2.34. The van der Waals surface area contributed by atoms with Crippen molar-refractivity contribution in [1.82, 2.24) is 15.5 Å². The van der Waals surface area contributed by atoms with Crippen LogP contribution < -0.4 is 5.32 Å². The molecule has 0 bridgehead atoms. The molecule has 2 atom stereocenters. The highest BCUT2D eigenvalue weighted by Crippen LogP contribution is 2.29. The van der Waals surface area contributed by atoms with Crippen LogP contribution >= 0.6 is 22.9 Å². The summed E-state index contributed by atoms with van der Waals surface area (Å²) in [6.07, 6.45) is 1.05. The Hall–Kier alpha value is -0.680. The van der Waals surface area contributed by atoms with Crippen LogP contribution in [-0.2, 0) is 0 Å². The summed E-state index contributed by atoms with van der Waals surface area (Å²) in [5.74, 6) is 0.422. The third-order valence-electron chi connectivity index (χ3n) is 2.02. The highest BCUT2D eigenvalue weighted by molar-refractivity contribution is 7.17. The topological polar surface area (TPSA) is 54.9 Å². The van der Waals surface area contributed by atoms with E-state index >= 15 is 0 Å². The quantitative estimate of drug-likeness (QED) is 0.813. The second-order valence-corrected chi connectivity index (χ2v) is 4.71. The van der Waals surface area contributed by atoms with E-state index in [0.29, 0.717) is 21.4 Å². The van der Waals surface area contributed by atoms with E-state index in [-0.39, 0.29) is 5.91 Å². The summed E-state index contributed by atoms with van der Waals surface area (Å²) in [4.78, 5) is 11.4. The molecule has 70 valence electrons. The van der Waals surface area contributed by atoms with Crippen LogP contribution in [0.3, 0.4) is 0 Å². The van der Waals surface area contributed by atoms with Gasteiger partial charge >= 0.3 is 0 Å². The van der Waals surface area contributed by atoms with Crippen molar-refractivity contribution in [3.63, 3.8) is 0 Å². The maximum Gasteiger partial charge on any atom is 0.282 e. The molecular weight excluding hydrogens is 210 g/mol. The van der Waals surface area contributed by atoms with Gasteiger partial charge in [0.05, 0.1) is 0 Å². The molecule has 13 heavy (non-hydrogen) atoms. The van der Waals surface area contributed by atoms with Crippen LogP contribution in [0.4, 0.5) is 0 Å². The standard InChI is InChI=1S/C7H8ClN3OS/c1-3-2-4(3)9-5(12)6-10-11-7(8)13-6/h3-4H,2H2,1H3,(H,9,12). The van der Waals surface area contributed by atoms with Crippen LogP contribution in [0.1, 0.15) is 23.1 Å². The summed E-state index contributed by atoms with van der Waals surface area (Å²) in [7, 11) is 0. The first-order valence-electron chi connectivity index (χ1n) is 3.96. The van der Waals surface area contributed by atoms with Crippen LogP contribution in [-0.4, -0.2) is 22.1 Å². The Morgan fingerprint density at radius 3 is 2.85 bits per heavy atom. The van der Waals surface area contributed by atoms with Crippen molar-refractivity contribution < 1.29 is 4.79 Å². The maximum atomic E-state index is 11.4. The lowest BCUT2D eigenvalue weighted by Crippen LogP contribution is -2.26. The fourth-order valence-electron chi connectivity index (χ4n) is 1.05. The third-order valence-corrected chi connectivity index (χ3v) is 3.04. The summed E-state index contributed by atoms with van der Waals surface area (Å²) < 4.78 is 0.300. The fraction of sp³-hybridized carbons (Fsp3) is 0.571. The number of halogens is 1. The molecule has 2 rings (SSSR count). The van der Waals surface area contributed by atoms with E-state index in [1.807, 2.05) is 0 Å². The first-order valence-corrected chi connectivity index (χ1v) is 5.16. The van der Waals surface area contributed by atoms with Gasteiger partial charge in [-0.25, -0.2) is 0 Å². The van der Waals surface area contributed by atoms with Crippen molar-refractivity contribution >= 4 is 28.8 Å². The molecule has 1 amide bonds. The zero-order valence-corrected chi connectivity index (χ0v) is 8.52. The first kappa shape index (κ1) is 8.90. The van der Waals surface area contributed by atoms with Crippen LogP contribution in [0, 0.1) is 5.92 Å². The van der Waals surface area contributed by atoms with Gasteiger partial charge in [-0.2, -0.15) is 0 Å². The number of nitrogens with zero attached hydrogens (tertiary/aromatic N) is 2. The third kappa shape index (κ3) is 1.97. The minimum atomic E-state index is -0.168. The molecule has 1 aromatic rings. The predicted molar refractivity (Wildman–Crippen MR) is 50.0 cm³/mol. The number of carbonyl (C=O) groups is 1. The van der Waals surface area contributed by atoms with Gasteiger partial charge in [-0.1, -0.05) is 18.3 Å². The minimum Gasteiger partial charge on any atom is -0.347 e. The zero-order valence-electron chi connectivity index (χ0n) is 6.95. The summed E-state index contributed by atoms with van der Waals surface area (Å²) in [5, 5.41) is 10.4. The van der Waals surface area contributed by atoms with Gasteiger partial charge in [-0.3, -0.25) is 4.79 Å². The molecule has 1 heterocycles. The number of rotatable bonds is 2. The lowest BCUT2D eigenvalue weighted by molar-refractivity contribution is 0.0948. The summed E-state index contributed by atoms with van der Waals surface area (Å²) in [6.45, 7) is 2.10. The van der Waals surface area contributed by atoms with E-state index in [9.17, 15) is 4.79 Å². The van der Waals surface area contributed by atoms with Crippen molar-refractivity contribution in [1.29, 1.82) is 0 Å². The summed E-state index contributed by atoms with van der Waals surface area (Å²) in [6, 6.07) is 0.315. The normalized spacial score (nSPS) is 25.7. The van der Waals surface area contributed by atoms with E-state index < -0.39 is 0 Å². The van der Waals surface area contributed by atoms with Crippen LogP contribution in [0.25, 0.3) is 0 Å². The Labute approximate surface area is 84.3 Å². The average molecular weight is 218 g/mol. The van der Waals surface area contributed by atoms with E-state index in [1.54, 1.807) is 0 Å². The Morgan fingerprint density at radius 1 is 1.69 bits per heavy atom. The van der Waals surface area contributed by atoms with Crippen molar-refractivity contribution in [2.24, 2.45) is 5.92 Å². The lowest BCUT2D eigenvalue weighted by atomic mass is 10.5. The lowest BCUT2D eigenvalue weighted by Gasteiger charge is -1.97. The molecule has 1 aliphatic carbocycles. The molecule has 0 radical (unpaired) electrons. The molecule has 1 saturated carbocycles. The Bertz CT molecular complexity index is 340. The number of carbonyl (C=O) groups excluding carboxylic acids is 1. The molecule has 0 aromatic carbocycles. The zero-order chi connectivity index (χ0) is 9.42. The van der Waals surface area contributed by atoms with E-state index in [1.165, 1.54) is 0 Å². The molecule has 0 spiro atoms. The molecule has 1 aliphatic rings. The van der Waals surface area contributed by atoms with Gasteiger partial charge in [0.1, 0.15) is 0 Å². The summed E-state index contributed by atoms with van der Waals surface area (Å²) >= 11 is 6.65. The van der Waals surface area contributed by atoms with Gasteiger partial charge in [0.25, 0.3) is 5.91 Å². The van der Waals surface area contributed by atoms with Crippen LogP contribution in [0.5, 0.6) is 0 Å². The molecule has 0 saturated heterocycles.